The van der Waals surface area contributed by atoms with Gasteiger partial charge in [0.2, 0.25) is 5.91 Å². The van der Waals surface area contributed by atoms with Gasteiger partial charge in [-0.15, -0.1) is 12.4 Å². The van der Waals surface area contributed by atoms with Crippen LogP contribution >= 0.6 is 12.4 Å². The van der Waals surface area contributed by atoms with Gasteiger partial charge >= 0.3 is 0 Å². The number of carbonyl (C=O) groups is 1. The van der Waals surface area contributed by atoms with Crippen LogP contribution in [0.5, 0.6) is 5.75 Å². The Morgan fingerprint density at radius 2 is 2.00 bits per heavy atom. The first-order chi connectivity index (χ1) is 9.70. The van der Waals surface area contributed by atoms with E-state index in [-0.39, 0.29) is 24.2 Å². The van der Waals surface area contributed by atoms with Crippen molar-refractivity contribution in [2.45, 2.75) is 25.4 Å². The first kappa shape index (κ1) is 17.8. The molecule has 21 heavy (non-hydrogen) atoms. The Hall–Kier alpha value is -1.30. The molecule has 0 aliphatic carbocycles. The summed E-state index contributed by atoms with van der Waals surface area (Å²) in [5.74, 6) is 0.936. The predicted octanol–water partition coefficient (Wildman–Crippen LogP) is 1.49. The van der Waals surface area contributed by atoms with Crippen molar-refractivity contribution in [2.75, 3.05) is 20.3 Å². The molecule has 0 radical (unpaired) electrons. The number of benzene rings is 1. The van der Waals surface area contributed by atoms with Gasteiger partial charge in [0.25, 0.3) is 0 Å². The number of nitrogens with two attached hydrogens (primary N) is 1. The summed E-state index contributed by atoms with van der Waals surface area (Å²) in [7, 11) is 1.63. The SMILES string of the molecule is COc1ccc(CNC(=O)C(N)C2CCOCC2)cc1.Cl. The van der Waals surface area contributed by atoms with Crippen molar-refractivity contribution < 1.29 is 14.3 Å². The largest absolute Gasteiger partial charge is 0.497 e. The lowest BCUT2D eigenvalue weighted by Crippen LogP contribution is -2.46. The van der Waals surface area contributed by atoms with Crippen LogP contribution in [0.3, 0.4) is 0 Å². The molecule has 1 aromatic carbocycles. The monoisotopic (exact) mass is 314 g/mol. The molecule has 0 aromatic heterocycles. The summed E-state index contributed by atoms with van der Waals surface area (Å²) in [6.45, 7) is 1.88. The van der Waals surface area contributed by atoms with Gasteiger partial charge in [0.15, 0.2) is 0 Å². The quantitative estimate of drug-likeness (QED) is 0.863. The third-order valence-electron chi connectivity index (χ3n) is 3.70. The maximum atomic E-state index is 12.0. The van der Waals surface area contributed by atoms with Crippen molar-refractivity contribution in [3.8, 4) is 5.75 Å². The molecular weight excluding hydrogens is 292 g/mol. The second-order valence-corrected chi connectivity index (χ2v) is 5.04. The number of rotatable bonds is 5. The number of halogens is 1. The van der Waals surface area contributed by atoms with Crippen LogP contribution in [0.2, 0.25) is 0 Å². The Labute approximate surface area is 131 Å². The van der Waals surface area contributed by atoms with Crippen LogP contribution in [0.15, 0.2) is 24.3 Å². The summed E-state index contributed by atoms with van der Waals surface area (Å²) in [4.78, 5) is 12.0. The second-order valence-electron chi connectivity index (χ2n) is 5.04. The minimum Gasteiger partial charge on any atom is -0.497 e. The third kappa shape index (κ3) is 5.19. The normalized spacial score (nSPS) is 16.7. The molecule has 1 fully saturated rings. The van der Waals surface area contributed by atoms with Crippen molar-refractivity contribution in [3.63, 3.8) is 0 Å². The van der Waals surface area contributed by atoms with Gasteiger partial charge in [0, 0.05) is 19.8 Å². The molecule has 3 N–H and O–H groups in total. The molecule has 0 spiro atoms. The Balaban J connectivity index is 0.00000220. The molecule has 1 amide bonds. The first-order valence-corrected chi connectivity index (χ1v) is 6.94. The van der Waals surface area contributed by atoms with E-state index in [2.05, 4.69) is 5.32 Å². The molecule has 1 unspecified atom stereocenters. The molecule has 118 valence electrons. The average molecular weight is 315 g/mol. The third-order valence-corrected chi connectivity index (χ3v) is 3.70. The Morgan fingerprint density at radius 3 is 2.57 bits per heavy atom. The van der Waals surface area contributed by atoms with Gasteiger partial charge in [-0.05, 0) is 36.5 Å². The molecule has 0 bridgehead atoms. The first-order valence-electron chi connectivity index (χ1n) is 6.94. The molecule has 5 nitrogen and oxygen atoms in total. The fourth-order valence-corrected chi connectivity index (χ4v) is 2.34. The van der Waals surface area contributed by atoms with E-state index in [0.29, 0.717) is 19.8 Å². The van der Waals surface area contributed by atoms with Gasteiger partial charge in [-0.1, -0.05) is 12.1 Å². The van der Waals surface area contributed by atoms with Crippen LogP contribution in [0.1, 0.15) is 18.4 Å². The summed E-state index contributed by atoms with van der Waals surface area (Å²) in [5, 5.41) is 2.89. The van der Waals surface area contributed by atoms with E-state index in [1.807, 2.05) is 24.3 Å². The van der Waals surface area contributed by atoms with Crippen molar-refractivity contribution in [1.82, 2.24) is 5.32 Å². The highest BCUT2D eigenvalue weighted by Crippen LogP contribution is 2.17. The van der Waals surface area contributed by atoms with E-state index in [0.717, 1.165) is 24.2 Å². The van der Waals surface area contributed by atoms with Crippen LogP contribution < -0.4 is 15.8 Å². The molecule has 1 atom stereocenters. The molecule has 1 saturated heterocycles. The molecule has 0 saturated carbocycles. The average Bonchev–Trinajstić information content (AvgIpc) is 2.53. The van der Waals surface area contributed by atoms with Crippen LogP contribution in [-0.2, 0) is 16.1 Å². The fraction of sp³-hybridized carbons (Fsp3) is 0.533. The van der Waals surface area contributed by atoms with Crippen LogP contribution in [0.4, 0.5) is 0 Å². The highest BCUT2D eigenvalue weighted by molar-refractivity contribution is 5.85. The summed E-state index contributed by atoms with van der Waals surface area (Å²) in [6.07, 6.45) is 1.72. The van der Waals surface area contributed by atoms with Gasteiger partial charge in [-0.3, -0.25) is 4.79 Å². The van der Waals surface area contributed by atoms with Gasteiger partial charge < -0.3 is 20.5 Å². The van der Waals surface area contributed by atoms with Crippen LogP contribution in [0.25, 0.3) is 0 Å². The number of hydrogen-bond donors (Lipinski definition) is 2. The van der Waals surface area contributed by atoms with E-state index < -0.39 is 6.04 Å². The number of carbonyl (C=O) groups excluding carboxylic acids is 1. The standard InChI is InChI=1S/C15H22N2O3.ClH/c1-19-13-4-2-11(3-5-13)10-17-15(18)14(16)12-6-8-20-9-7-12;/h2-5,12,14H,6-10,16H2,1H3,(H,17,18);1H. The highest BCUT2D eigenvalue weighted by atomic mass is 35.5. The molecular formula is C15H23ClN2O3. The van der Waals surface area contributed by atoms with E-state index in [4.69, 9.17) is 15.2 Å². The van der Waals surface area contributed by atoms with E-state index >= 15 is 0 Å². The summed E-state index contributed by atoms with van der Waals surface area (Å²) < 4.78 is 10.4. The Kier molecular flexibility index (Phi) is 7.50. The van der Waals surface area contributed by atoms with Gasteiger partial charge in [-0.2, -0.15) is 0 Å². The number of hydrogen-bond acceptors (Lipinski definition) is 4. The van der Waals surface area contributed by atoms with E-state index in [9.17, 15) is 4.79 Å². The highest BCUT2D eigenvalue weighted by Gasteiger charge is 2.26. The Bertz CT molecular complexity index is 433. The molecule has 1 aliphatic heterocycles. The maximum Gasteiger partial charge on any atom is 0.237 e. The van der Waals surface area contributed by atoms with Gasteiger partial charge in [0.1, 0.15) is 5.75 Å². The number of ether oxygens (including phenoxy) is 2. The van der Waals surface area contributed by atoms with Gasteiger partial charge in [0.05, 0.1) is 13.2 Å². The predicted molar refractivity (Wildman–Crippen MR) is 83.6 cm³/mol. The molecule has 1 heterocycles. The number of amides is 1. The summed E-state index contributed by atoms with van der Waals surface area (Å²) >= 11 is 0. The summed E-state index contributed by atoms with van der Waals surface area (Å²) in [6, 6.07) is 7.16. The lowest BCUT2D eigenvalue weighted by molar-refractivity contribution is -0.124. The minimum atomic E-state index is -0.447. The zero-order valence-corrected chi connectivity index (χ0v) is 13.0. The Morgan fingerprint density at radius 1 is 1.38 bits per heavy atom. The van der Waals surface area contributed by atoms with Crippen molar-refractivity contribution in [2.24, 2.45) is 11.7 Å². The van der Waals surface area contributed by atoms with Crippen LogP contribution in [0, 0.1) is 5.92 Å². The molecule has 1 aliphatic rings. The smallest absolute Gasteiger partial charge is 0.237 e. The second kappa shape index (κ2) is 8.87. The van der Waals surface area contributed by atoms with Crippen molar-refractivity contribution in [1.29, 1.82) is 0 Å². The molecule has 2 rings (SSSR count). The van der Waals surface area contributed by atoms with E-state index in [1.54, 1.807) is 7.11 Å². The molecule has 1 aromatic rings. The number of methoxy groups -OCH3 is 1. The lowest BCUT2D eigenvalue weighted by atomic mass is 9.92. The maximum absolute atomic E-state index is 12.0. The zero-order chi connectivity index (χ0) is 14.4. The van der Waals surface area contributed by atoms with E-state index in [1.165, 1.54) is 0 Å². The van der Waals surface area contributed by atoms with Gasteiger partial charge in [-0.25, -0.2) is 0 Å². The lowest BCUT2D eigenvalue weighted by Gasteiger charge is -2.26. The number of nitrogens with one attached hydrogen (secondary N) is 1. The van der Waals surface area contributed by atoms with Crippen molar-refractivity contribution in [3.05, 3.63) is 29.8 Å². The van der Waals surface area contributed by atoms with Crippen molar-refractivity contribution >= 4 is 18.3 Å². The fourth-order valence-electron chi connectivity index (χ4n) is 2.34. The van der Waals surface area contributed by atoms with Crippen LogP contribution in [-0.4, -0.2) is 32.3 Å². The minimum absolute atomic E-state index is 0. The zero-order valence-electron chi connectivity index (χ0n) is 12.2. The topological polar surface area (TPSA) is 73.6 Å². The molecule has 6 heteroatoms. The summed E-state index contributed by atoms with van der Waals surface area (Å²) in [5.41, 5.74) is 7.04.